The van der Waals surface area contributed by atoms with E-state index in [-0.39, 0.29) is 0 Å². The van der Waals surface area contributed by atoms with Crippen LogP contribution < -0.4 is 5.32 Å². The Bertz CT molecular complexity index is 1120. The van der Waals surface area contributed by atoms with Crippen molar-refractivity contribution < 1.29 is 4.52 Å². The molecule has 0 fully saturated rings. The minimum atomic E-state index is 0.618. The van der Waals surface area contributed by atoms with Crippen molar-refractivity contribution in [2.24, 2.45) is 0 Å². The highest BCUT2D eigenvalue weighted by atomic mass is 35.5. The second-order valence-corrected chi connectivity index (χ2v) is 7.25. The minimum Gasteiger partial charge on any atom is -0.366 e. The molecule has 2 aromatic heterocycles. The molecule has 0 bridgehead atoms. The molecule has 0 saturated carbocycles. The Morgan fingerprint density at radius 2 is 1.89 bits per heavy atom. The SMILES string of the molecule is Cc1noc(C)c1-c1ccc2nc(NCc3cccc(Cl)c3)cc(Cl)c2c1. The first-order chi connectivity index (χ1) is 13.0. The van der Waals surface area contributed by atoms with Crippen LogP contribution in [0, 0.1) is 13.8 Å². The molecular formula is C21H17Cl2N3O. The van der Waals surface area contributed by atoms with Crippen LogP contribution in [0.25, 0.3) is 22.0 Å². The third kappa shape index (κ3) is 3.64. The van der Waals surface area contributed by atoms with Gasteiger partial charge in [-0.15, -0.1) is 0 Å². The summed E-state index contributed by atoms with van der Waals surface area (Å²) in [6.45, 7) is 4.45. The van der Waals surface area contributed by atoms with Crippen molar-refractivity contribution in [3.63, 3.8) is 0 Å². The monoisotopic (exact) mass is 397 g/mol. The van der Waals surface area contributed by atoms with E-state index in [0.29, 0.717) is 16.6 Å². The van der Waals surface area contributed by atoms with Crippen LogP contribution in [-0.4, -0.2) is 10.1 Å². The number of anilines is 1. The minimum absolute atomic E-state index is 0.618. The molecule has 4 rings (SSSR count). The Morgan fingerprint density at radius 3 is 2.63 bits per heavy atom. The molecule has 1 N–H and O–H groups in total. The predicted octanol–water partition coefficient (Wildman–Crippen LogP) is 6.43. The molecule has 0 amide bonds. The highest BCUT2D eigenvalue weighted by Crippen LogP contribution is 2.32. The summed E-state index contributed by atoms with van der Waals surface area (Å²) in [7, 11) is 0. The molecule has 0 aliphatic rings. The van der Waals surface area contributed by atoms with E-state index >= 15 is 0 Å². The van der Waals surface area contributed by atoms with Gasteiger partial charge in [-0.05, 0) is 55.3 Å². The van der Waals surface area contributed by atoms with Crippen LogP contribution in [0.5, 0.6) is 0 Å². The van der Waals surface area contributed by atoms with Crippen molar-refractivity contribution in [2.75, 3.05) is 5.32 Å². The van der Waals surface area contributed by atoms with E-state index < -0.39 is 0 Å². The number of pyridine rings is 1. The molecule has 0 radical (unpaired) electrons. The van der Waals surface area contributed by atoms with Gasteiger partial charge in [-0.2, -0.15) is 0 Å². The Hall–Kier alpha value is -2.56. The zero-order valence-electron chi connectivity index (χ0n) is 14.9. The molecule has 136 valence electrons. The van der Waals surface area contributed by atoms with Crippen LogP contribution in [0.4, 0.5) is 5.82 Å². The van der Waals surface area contributed by atoms with Crippen LogP contribution in [0.2, 0.25) is 10.0 Å². The maximum absolute atomic E-state index is 6.54. The van der Waals surface area contributed by atoms with E-state index in [0.717, 1.165) is 44.9 Å². The maximum Gasteiger partial charge on any atom is 0.141 e. The fourth-order valence-corrected chi connectivity index (χ4v) is 3.63. The van der Waals surface area contributed by atoms with Gasteiger partial charge in [-0.3, -0.25) is 0 Å². The molecule has 0 unspecified atom stereocenters. The summed E-state index contributed by atoms with van der Waals surface area (Å²) in [5.74, 6) is 1.51. The average molecular weight is 398 g/mol. The molecular weight excluding hydrogens is 381 g/mol. The third-order valence-corrected chi connectivity index (χ3v) is 4.99. The number of rotatable bonds is 4. The predicted molar refractivity (Wildman–Crippen MR) is 111 cm³/mol. The van der Waals surface area contributed by atoms with Crippen LogP contribution in [-0.2, 0) is 6.54 Å². The van der Waals surface area contributed by atoms with Gasteiger partial charge >= 0.3 is 0 Å². The molecule has 0 aliphatic heterocycles. The Kier molecular flexibility index (Phi) is 4.77. The summed E-state index contributed by atoms with van der Waals surface area (Å²) in [6.07, 6.45) is 0. The number of nitrogens with zero attached hydrogens (tertiary/aromatic N) is 2. The first-order valence-electron chi connectivity index (χ1n) is 8.53. The van der Waals surface area contributed by atoms with Crippen LogP contribution in [0.15, 0.2) is 53.1 Å². The number of fused-ring (bicyclic) bond motifs is 1. The molecule has 2 aromatic carbocycles. The molecule has 27 heavy (non-hydrogen) atoms. The van der Waals surface area contributed by atoms with E-state index in [1.807, 2.05) is 62.4 Å². The summed E-state index contributed by atoms with van der Waals surface area (Å²) in [4.78, 5) is 4.67. The zero-order chi connectivity index (χ0) is 19.0. The molecule has 0 aliphatic carbocycles. The summed E-state index contributed by atoms with van der Waals surface area (Å²) >= 11 is 12.6. The summed E-state index contributed by atoms with van der Waals surface area (Å²) in [5, 5.41) is 9.57. The van der Waals surface area contributed by atoms with Gasteiger partial charge in [0.05, 0.1) is 16.2 Å². The number of aromatic nitrogens is 2. The van der Waals surface area contributed by atoms with Crippen LogP contribution in [0.1, 0.15) is 17.0 Å². The second-order valence-electron chi connectivity index (χ2n) is 6.40. The maximum atomic E-state index is 6.54. The number of benzene rings is 2. The third-order valence-electron chi connectivity index (χ3n) is 4.44. The van der Waals surface area contributed by atoms with Gasteiger partial charge in [-0.25, -0.2) is 4.98 Å². The molecule has 4 nitrogen and oxygen atoms in total. The fraction of sp³-hybridized carbons (Fsp3) is 0.143. The zero-order valence-corrected chi connectivity index (χ0v) is 16.4. The van der Waals surface area contributed by atoms with E-state index in [4.69, 9.17) is 27.7 Å². The molecule has 6 heteroatoms. The van der Waals surface area contributed by atoms with Crippen molar-refractivity contribution in [1.82, 2.24) is 10.1 Å². The first-order valence-corrected chi connectivity index (χ1v) is 9.29. The number of hydrogen-bond acceptors (Lipinski definition) is 4. The molecule has 0 saturated heterocycles. The van der Waals surface area contributed by atoms with E-state index in [1.165, 1.54) is 0 Å². The van der Waals surface area contributed by atoms with Gasteiger partial charge in [-0.1, -0.05) is 46.6 Å². The van der Waals surface area contributed by atoms with E-state index in [1.54, 1.807) is 0 Å². The van der Waals surface area contributed by atoms with Gasteiger partial charge < -0.3 is 9.84 Å². The van der Waals surface area contributed by atoms with Gasteiger partial charge in [0.25, 0.3) is 0 Å². The van der Waals surface area contributed by atoms with Gasteiger partial charge in [0.1, 0.15) is 11.6 Å². The number of halogens is 2. The second kappa shape index (κ2) is 7.22. The Morgan fingerprint density at radius 1 is 1.04 bits per heavy atom. The summed E-state index contributed by atoms with van der Waals surface area (Å²) in [6, 6.07) is 15.6. The van der Waals surface area contributed by atoms with E-state index in [9.17, 15) is 0 Å². The standard InChI is InChI=1S/C21H17Cl2N3O/c1-12-21(13(2)27-26-12)15-6-7-19-17(9-15)18(23)10-20(25-19)24-11-14-4-3-5-16(22)8-14/h3-10H,11H2,1-2H3,(H,24,25). The normalized spacial score (nSPS) is 11.1. The average Bonchev–Trinajstić information content (AvgIpc) is 2.98. The van der Waals surface area contributed by atoms with Gasteiger partial charge in [0.15, 0.2) is 0 Å². The smallest absolute Gasteiger partial charge is 0.141 e. The lowest BCUT2D eigenvalue weighted by atomic mass is 10.0. The Balaban J connectivity index is 1.65. The quantitative estimate of drug-likeness (QED) is 0.431. The number of nitrogens with one attached hydrogen (secondary N) is 1. The molecule has 0 atom stereocenters. The van der Waals surface area contributed by atoms with Gasteiger partial charge in [0, 0.05) is 22.5 Å². The largest absolute Gasteiger partial charge is 0.366 e. The van der Waals surface area contributed by atoms with Crippen molar-refractivity contribution in [2.45, 2.75) is 20.4 Å². The highest BCUT2D eigenvalue weighted by Gasteiger charge is 2.13. The topological polar surface area (TPSA) is 51.0 Å². The lowest BCUT2D eigenvalue weighted by molar-refractivity contribution is 0.393. The fourth-order valence-electron chi connectivity index (χ4n) is 3.17. The highest BCUT2D eigenvalue weighted by molar-refractivity contribution is 6.35. The number of hydrogen-bond donors (Lipinski definition) is 1. The van der Waals surface area contributed by atoms with Crippen molar-refractivity contribution >= 4 is 39.9 Å². The van der Waals surface area contributed by atoms with Gasteiger partial charge in [0.2, 0.25) is 0 Å². The van der Waals surface area contributed by atoms with Crippen molar-refractivity contribution in [1.29, 1.82) is 0 Å². The summed E-state index contributed by atoms with van der Waals surface area (Å²) in [5.41, 5.74) is 4.77. The molecule has 2 heterocycles. The molecule has 4 aromatic rings. The lowest BCUT2D eigenvalue weighted by Crippen LogP contribution is -2.01. The molecule has 0 spiro atoms. The van der Waals surface area contributed by atoms with Crippen LogP contribution in [0.3, 0.4) is 0 Å². The van der Waals surface area contributed by atoms with Crippen molar-refractivity contribution in [3.8, 4) is 11.1 Å². The Labute approximate surface area is 167 Å². The van der Waals surface area contributed by atoms with Crippen molar-refractivity contribution in [3.05, 3.63) is 75.6 Å². The first kappa shape index (κ1) is 17.8. The van der Waals surface area contributed by atoms with Crippen LogP contribution >= 0.6 is 23.2 Å². The van der Waals surface area contributed by atoms with E-state index in [2.05, 4.69) is 15.5 Å². The number of aryl methyl sites for hydroxylation is 2. The summed E-state index contributed by atoms with van der Waals surface area (Å²) < 4.78 is 5.28. The lowest BCUT2D eigenvalue weighted by Gasteiger charge is -2.10.